The highest BCUT2D eigenvalue weighted by molar-refractivity contribution is 14.0. The summed E-state index contributed by atoms with van der Waals surface area (Å²) in [5, 5.41) is 3.47. The molecule has 1 N–H and O–H groups in total. The Morgan fingerprint density at radius 2 is 1.88 bits per heavy atom. The van der Waals surface area contributed by atoms with E-state index in [4.69, 9.17) is 4.74 Å². The zero-order valence-electron chi connectivity index (χ0n) is 16.6. The van der Waals surface area contributed by atoms with Gasteiger partial charge >= 0.3 is 0 Å². The molecule has 2 heterocycles. The van der Waals surface area contributed by atoms with E-state index in [0.29, 0.717) is 0 Å². The lowest BCUT2D eigenvalue weighted by molar-refractivity contribution is -0.130. The van der Waals surface area contributed by atoms with Gasteiger partial charge in [-0.3, -0.25) is 14.7 Å². The zero-order chi connectivity index (χ0) is 18.1. The number of aliphatic imine (C=N–C) groups is 1. The number of hydrogen-bond donors (Lipinski definition) is 1. The van der Waals surface area contributed by atoms with Crippen LogP contribution >= 0.6 is 24.0 Å². The Hall–Kier alpha value is -0.610. The van der Waals surface area contributed by atoms with Crippen molar-refractivity contribution in [2.24, 2.45) is 10.9 Å². The van der Waals surface area contributed by atoms with Crippen molar-refractivity contribution in [2.45, 2.75) is 26.2 Å². The van der Waals surface area contributed by atoms with Gasteiger partial charge in [0.15, 0.2) is 5.96 Å². The molecule has 8 heteroatoms. The first-order valence-corrected chi connectivity index (χ1v) is 9.57. The molecule has 0 atom stereocenters. The maximum Gasteiger partial charge on any atom is 0.219 e. The molecule has 2 fully saturated rings. The molecule has 0 aromatic heterocycles. The van der Waals surface area contributed by atoms with Crippen molar-refractivity contribution in [3.8, 4) is 0 Å². The minimum absolute atomic E-state index is 0. The Kier molecular flexibility index (Phi) is 11.5. The third kappa shape index (κ3) is 7.96. The minimum Gasteiger partial charge on any atom is -0.381 e. The molecule has 2 saturated heterocycles. The lowest BCUT2D eigenvalue weighted by atomic mass is 9.96. The van der Waals surface area contributed by atoms with E-state index in [9.17, 15) is 4.79 Å². The first-order valence-electron chi connectivity index (χ1n) is 9.57. The largest absolute Gasteiger partial charge is 0.381 e. The number of halogens is 1. The highest BCUT2D eigenvalue weighted by Crippen LogP contribution is 2.18. The fourth-order valence-electron chi connectivity index (χ4n) is 3.51. The molecule has 1 amide bonds. The average Bonchev–Trinajstić information content (AvgIpc) is 2.64. The first kappa shape index (κ1) is 23.4. The second-order valence-electron chi connectivity index (χ2n) is 7.09. The summed E-state index contributed by atoms with van der Waals surface area (Å²) < 4.78 is 5.43. The van der Waals surface area contributed by atoms with E-state index in [1.807, 2.05) is 11.9 Å². The number of guanidine groups is 1. The molecule has 0 aromatic rings. The topological polar surface area (TPSA) is 60.4 Å². The van der Waals surface area contributed by atoms with E-state index in [1.165, 1.54) is 19.3 Å². The van der Waals surface area contributed by atoms with Crippen LogP contribution in [0.4, 0.5) is 0 Å². The number of piperazine rings is 1. The van der Waals surface area contributed by atoms with Crippen molar-refractivity contribution in [1.29, 1.82) is 0 Å². The van der Waals surface area contributed by atoms with Crippen LogP contribution in [-0.2, 0) is 9.53 Å². The fourth-order valence-corrected chi connectivity index (χ4v) is 3.51. The summed E-state index contributed by atoms with van der Waals surface area (Å²) in [4.78, 5) is 22.3. The number of nitrogens with zero attached hydrogens (tertiary/aromatic N) is 4. The molecule has 26 heavy (non-hydrogen) atoms. The average molecular weight is 481 g/mol. The van der Waals surface area contributed by atoms with Gasteiger partial charge in [-0.15, -0.1) is 24.0 Å². The van der Waals surface area contributed by atoms with Crippen molar-refractivity contribution in [3.63, 3.8) is 0 Å². The second-order valence-corrected chi connectivity index (χ2v) is 7.09. The molecule has 0 saturated carbocycles. The number of nitrogens with one attached hydrogen (secondary N) is 1. The Labute approximate surface area is 175 Å². The molecule has 0 spiro atoms. The molecule has 0 bridgehead atoms. The van der Waals surface area contributed by atoms with E-state index < -0.39 is 0 Å². The first-order chi connectivity index (χ1) is 12.1. The van der Waals surface area contributed by atoms with Gasteiger partial charge in [-0.05, 0) is 25.2 Å². The van der Waals surface area contributed by atoms with E-state index >= 15 is 0 Å². The standard InChI is InChI=1S/C18H35N5O2.HI/c1-16(24)23-12-10-22(11-13-23)9-7-20-18(19-2)21(3)8-4-17-5-14-25-15-6-17;/h17H,4-15H2,1-3H3,(H,19,20);1H. The highest BCUT2D eigenvalue weighted by atomic mass is 127. The number of hydrogen-bond acceptors (Lipinski definition) is 4. The molecular weight excluding hydrogens is 445 g/mol. The van der Waals surface area contributed by atoms with Crippen LogP contribution in [-0.4, -0.2) is 99.7 Å². The van der Waals surface area contributed by atoms with Crippen LogP contribution in [0.5, 0.6) is 0 Å². The van der Waals surface area contributed by atoms with Crippen LogP contribution in [0, 0.1) is 5.92 Å². The predicted octanol–water partition coefficient (Wildman–Crippen LogP) is 1.09. The molecule has 0 radical (unpaired) electrons. The van der Waals surface area contributed by atoms with Gasteiger partial charge in [-0.25, -0.2) is 0 Å². The molecule has 0 aliphatic carbocycles. The van der Waals surface area contributed by atoms with Crippen molar-refractivity contribution in [3.05, 3.63) is 0 Å². The summed E-state index contributed by atoms with van der Waals surface area (Å²) in [5.74, 6) is 1.94. The lowest BCUT2D eigenvalue weighted by Gasteiger charge is -2.34. The lowest BCUT2D eigenvalue weighted by Crippen LogP contribution is -2.50. The maximum absolute atomic E-state index is 11.4. The number of rotatable bonds is 6. The van der Waals surface area contributed by atoms with Crippen LogP contribution in [0.25, 0.3) is 0 Å². The summed E-state index contributed by atoms with van der Waals surface area (Å²) in [5.41, 5.74) is 0. The quantitative estimate of drug-likeness (QED) is 0.350. The van der Waals surface area contributed by atoms with Crippen LogP contribution in [0.2, 0.25) is 0 Å². The Balaban J connectivity index is 0.00000338. The van der Waals surface area contributed by atoms with E-state index in [-0.39, 0.29) is 29.9 Å². The van der Waals surface area contributed by atoms with Crippen LogP contribution < -0.4 is 5.32 Å². The van der Waals surface area contributed by atoms with Gasteiger partial charge in [0.2, 0.25) is 5.91 Å². The summed E-state index contributed by atoms with van der Waals surface area (Å²) >= 11 is 0. The van der Waals surface area contributed by atoms with Crippen molar-refractivity contribution >= 4 is 35.8 Å². The third-order valence-corrected chi connectivity index (χ3v) is 5.32. The van der Waals surface area contributed by atoms with Gasteiger partial charge in [0, 0.05) is 80.0 Å². The number of amides is 1. The molecule has 2 rings (SSSR count). The SMILES string of the molecule is CN=C(NCCN1CCN(C(C)=O)CC1)N(C)CCC1CCOCC1.I. The molecule has 2 aliphatic heterocycles. The highest BCUT2D eigenvalue weighted by Gasteiger charge is 2.18. The van der Waals surface area contributed by atoms with E-state index in [0.717, 1.165) is 70.9 Å². The van der Waals surface area contributed by atoms with Gasteiger partial charge in [0.25, 0.3) is 0 Å². The van der Waals surface area contributed by atoms with Crippen LogP contribution in [0.3, 0.4) is 0 Å². The normalized spacial score (nSPS) is 19.8. The van der Waals surface area contributed by atoms with Crippen molar-refractivity contribution in [1.82, 2.24) is 20.0 Å². The molecule has 0 unspecified atom stereocenters. The van der Waals surface area contributed by atoms with Gasteiger partial charge in [-0.2, -0.15) is 0 Å². The zero-order valence-corrected chi connectivity index (χ0v) is 18.9. The van der Waals surface area contributed by atoms with Gasteiger partial charge in [0.1, 0.15) is 0 Å². The van der Waals surface area contributed by atoms with E-state index in [1.54, 1.807) is 6.92 Å². The van der Waals surface area contributed by atoms with E-state index in [2.05, 4.69) is 27.2 Å². The van der Waals surface area contributed by atoms with Crippen molar-refractivity contribution < 1.29 is 9.53 Å². The maximum atomic E-state index is 11.4. The monoisotopic (exact) mass is 481 g/mol. The summed E-state index contributed by atoms with van der Waals surface area (Å²) in [7, 11) is 3.96. The molecular formula is C18H36IN5O2. The van der Waals surface area contributed by atoms with Gasteiger partial charge < -0.3 is 19.9 Å². The van der Waals surface area contributed by atoms with Gasteiger partial charge in [0.05, 0.1) is 0 Å². The number of carbonyl (C=O) groups is 1. The van der Waals surface area contributed by atoms with Crippen LogP contribution in [0.15, 0.2) is 4.99 Å². The van der Waals surface area contributed by atoms with Crippen molar-refractivity contribution in [2.75, 3.05) is 73.1 Å². The summed E-state index contributed by atoms with van der Waals surface area (Å²) in [6.45, 7) is 9.98. The molecule has 0 aromatic carbocycles. The number of carbonyl (C=O) groups excluding carboxylic acids is 1. The number of ether oxygens (including phenoxy) is 1. The Bertz CT molecular complexity index is 435. The predicted molar refractivity (Wildman–Crippen MR) is 116 cm³/mol. The summed E-state index contributed by atoms with van der Waals surface area (Å²) in [6.07, 6.45) is 3.58. The Morgan fingerprint density at radius 1 is 1.23 bits per heavy atom. The van der Waals surface area contributed by atoms with Crippen LogP contribution in [0.1, 0.15) is 26.2 Å². The minimum atomic E-state index is 0. The molecule has 152 valence electrons. The fraction of sp³-hybridized carbons (Fsp3) is 0.889. The van der Waals surface area contributed by atoms with Gasteiger partial charge in [-0.1, -0.05) is 0 Å². The second kappa shape index (κ2) is 12.7. The Morgan fingerprint density at radius 3 is 2.46 bits per heavy atom. The molecule has 2 aliphatic rings. The summed E-state index contributed by atoms with van der Waals surface area (Å²) in [6, 6.07) is 0. The smallest absolute Gasteiger partial charge is 0.219 e. The third-order valence-electron chi connectivity index (χ3n) is 5.32. The molecule has 7 nitrogen and oxygen atoms in total.